The molecule has 0 saturated heterocycles. The molecule has 8 aromatic rings. The number of benzene rings is 5. The predicted octanol–water partition coefficient (Wildman–Crippen LogP) is 8.77. The second kappa shape index (κ2) is 9.46. The van der Waals surface area contributed by atoms with E-state index in [9.17, 15) is 7.85 Å². The summed E-state index contributed by atoms with van der Waals surface area (Å²) in [7, 11) is 1.80. The van der Waals surface area contributed by atoms with Crippen LogP contribution in [0.3, 0.4) is 0 Å². The molecule has 8 rings (SSSR count). The summed E-state index contributed by atoms with van der Waals surface area (Å²) >= 11 is 0. The van der Waals surface area contributed by atoms with Gasteiger partial charge < -0.3 is 14.2 Å². The Kier molecular flexibility index (Phi) is 3.59. The van der Waals surface area contributed by atoms with Gasteiger partial charge in [-0.15, -0.1) is 0 Å². The minimum atomic E-state index is -0.606. The number of nitrogens with zero attached hydrogens (tertiary/aromatic N) is 4. The zero-order valence-corrected chi connectivity index (χ0v) is 22.2. The van der Waals surface area contributed by atoms with Gasteiger partial charge in [0.25, 0.3) is 0 Å². The number of imidazole rings is 1. The molecule has 3 heterocycles. The summed E-state index contributed by atoms with van der Waals surface area (Å²) in [6.07, 6.45) is 1.55. The highest BCUT2D eigenvalue weighted by atomic mass is 16.3. The highest BCUT2D eigenvalue weighted by molar-refractivity contribution is 6.09. The lowest BCUT2D eigenvalue weighted by molar-refractivity contribution is 0.476. The van der Waals surface area contributed by atoms with E-state index < -0.39 is 48.3 Å². The average Bonchev–Trinajstić information content (AvgIpc) is 3.68. The Morgan fingerprint density at radius 1 is 0.714 bits per heavy atom. The van der Waals surface area contributed by atoms with Crippen LogP contribution in [0.25, 0.3) is 72.3 Å². The number of phenols is 1. The van der Waals surface area contributed by atoms with Crippen molar-refractivity contribution in [1.29, 1.82) is 0 Å². The van der Waals surface area contributed by atoms with Crippen LogP contribution >= 0.6 is 0 Å². The van der Waals surface area contributed by atoms with Crippen molar-refractivity contribution in [2.75, 3.05) is 0 Å². The van der Waals surface area contributed by atoms with E-state index in [-0.39, 0.29) is 56.5 Å². The zero-order valence-electron chi connectivity index (χ0n) is 32.2. The van der Waals surface area contributed by atoms with E-state index in [2.05, 4.69) is 4.98 Å². The number of hydrogen-bond donors (Lipinski definition) is 1. The summed E-state index contributed by atoms with van der Waals surface area (Å²) in [4.78, 5) is 9.41. The van der Waals surface area contributed by atoms with Crippen LogP contribution < -0.4 is 0 Å². The lowest BCUT2D eigenvalue weighted by atomic mass is 9.99. The van der Waals surface area contributed by atoms with E-state index >= 15 is 0 Å². The average molecular weight is 553 g/mol. The van der Waals surface area contributed by atoms with E-state index in [0.29, 0.717) is 33.7 Å². The molecule has 0 spiro atoms. The van der Waals surface area contributed by atoms with Crippen molar-refractivity contribution >= 4 is 32.8 Å². The van der Waals surface area contributed by atoms with E-state index in [0.717, 1.165) is 0 Å². The highest BCUT2D eigenvalue weighted by Crippen LogP contribution is 2.38. The number of hydrogen-bond acceptors (Lipinski definition) is 3. The summed E-state index contributed by atoms with van der Waals surface area (Å²) in [5.41, 5.74) is 2.43. The topological polar surface area (TPSA) is 55.9 Å². The standard InChI is InChI=1S/C37H26N4O/c1-40-34-18-10-14-27(36(34)39-37(40)30-13-4-7-19-35(30)42)24-21-25(31-15-8-9-20-38-31)23-26(22-24)41-32-16-5-2-11-28(32)29-12-3-6-17-33(29)41/h2-23,42H,1H3/i2D,3D,5D,6D,11D,12D,16D,17D,22D,23D. The SMILES string of the molecule is [2H]c1c(-c2ccccn2)cc(-c2cccc3c2nc(-c2ccccc2O)n3C)c([2H])c1-n1c2c([2H])c([2H])c([2H])c([2H])c2c2c([2H])c([2H])c([2H])c([2H])c21. The first kappa shape index (κ1) is 15.9. The molecular formula is C37H26N4O. The van der Waals surface area contributed by atoms with Crippen molar-refractivity contribution < 1.29 is 18.8 Å². The van der Waals surface area contributed by atoms with Gasteiger partial charge in [0.05, 0.1) is 47.0 Å². The maximum atomic E-state index is 10.7. The van der Waals surface area contributed by atoms with Crippen LogP contribution in [0, 0.1) is 0 Å². The van der Waals surface area contributed by atoms with Crippen molar-refractivity contribution in [2.45, 2.75) is 0 Å². The number of rotatable bonds is 4. The number of pyridine rings is 1. The van der Waals surface area contributed by atoms with Crippen molar-refractivity contribution in [3.05, 3.63) is 133 Å². The van der Waals surface area contributed by atoms with Gasteiger partial charge in [-0.25, -0.2) is 4.98 Å². The largest absolute Gasteiger partial charge is 0.507 e. The molecule has 0 aliphatic heterocycles. The van der Waals surface area contributed by atoms with Crippen molar-refractivity contribution in [1.82, 2.24) is 19.1 Å². The van der Waals surface area contributed by atoms with E-state index in [1.165, 1.54) is 4.57 Å². The van der Waals surface area contributed by atoms with Gasteiger partial charge in [0.1, 0.15) is 11.6 Å². The molecule has 1 N–H and O–H groups in total. The van der Waals surface area contributed by atoms with Gasteiger partial charge in [-0.1, -0.05) is 66.6 Å². The van der Waals surface area contributed by atoms with Crippen molar-refractivity contribution in [3.63, 3.8) is 0 Å². The van der Waals surface area contributed by atoms with Crippen LogP contribution in [0.1, 0.15) is 13.7 Å². The molecule has 0 bridgehead atoms. The molecule has 0 aliphatic carbocycles. The van der Waals surface area contributed by atoms with Crippen LogP contribution in [0.2, 0.25) is 0 Å². The van der Waals surface area contributed by atoms with Gasteiger partial charge in [0.15, 0.2) is 0 Å². The number of aromatic nitrogens is 4. The first-order valence-electron chi connectivity index (χ1n) is 18.2. The predicted molar refractivity (Wildman–Crippen MR) is 171 cm³/mol. The quantitative estimate of drug-likeness (QED) is 0.237. The van der Waals surface area contributed by atoms with E-state index in [4.69, 9.17) is 16.0 Å². The molecule has 0 aliphatic rings. The fourth-order valence-electron chi connectivity index (χ4n) is 5.40. The van der Waals surface area contributed by atoms with E-state index in [1.54, 1.807) is 73.9 Å². The van der Waals surface area contributed by atoms with Gasteiger partial charge in [0.2, 0.25) is 0 Å². The van der Waals surface area contributed by atoms with Gasteiger partial charge in [-0.2, -0.15) is 0 Å². The van der Waals surface area contributed by atoms with Crippen molar-refractivity contribution in [3.8, 4) is 45.2 Å². The fraction of sp³-hybridized carbons (Fsp3) is 0.0270. The van der Waals surface area contributed by atoms with E-state index in [1.807, 2.05) is 10.6 Å². The third-order valence-corrected chi connectivity index (χ3v) is 7.34. The van der Waals surface area contributed by atoms with Crippen LogP contribution in [0.4, 0.5) is 0 Å². The molecule has 0 fully saturated rings. The molecule has 0 saturated carbocycles. The van der Waals surface area contributed by atoms with Gasteiger partial charge in [-0.3, -0.25) is 4.98 Å². The molecular weight excluding hydrogens is 516 g/mol. The maximum absolute atomic E-state index is 10.7. The summed E-state index contributed by atoms with van der Waals surface area (Å²) < 4.78 is 92.0. The minimum absolute atomic E-state index is 0.0300. The molecule has 0 atom stereocenters. The summed E-state index contributed by atoms with van der Waals surface area (Å²) in [6, 6.07) is 13.9. The Bertz CT molecular complexity index is 2750. The molecule has 0 radical (unpaired) electrons. The lowest BCUT2D eigenvalue weighted by Crippen LogP contribution is -1.96. The Labute approximate surface area is 256 Å². The smallest absolute Gasteiger partial charge is 0.144 e. The first-order chi connectivity index (χ1) is 24.8. The Morgan fingerprint density at radius 2 is 1.40 bits per heavy atom. The van der Waals surface area contributed by atoms with Crippen LogP contribution in [-0.2, 0) is 7.05 Å². The molecule has 0 amide bonds. The lowest BCUT2D eigenvalue weighted by Gasteiger charge is -2.14. The normalized spacial score (nSPS) is 14.9. The van der Waals surface area contributed by atoms with Crippen molar-refractivity contribution in [2.24, 2.45) is 7.05 Å². The Morgan fingerprint density at radius 3 is 2.14 bits per heavy atom. The monoisotopic (exact) mass is 552 g/mol. The number of phenolic OH excluding ortho intramolecular Hbond substituents is 1. The van der Waals surface area contributed by atoms with Gasteiger partial charge in [-0.05, 0) is 66.1 Å². The number of aromatic hydroxyl groups is 1. The molecule has 200 valence electrons. The molecule has 3 aromatic heterocycles. The summed E-state index contributed by atoms with van der Waals surface area (Å²) in [5.74, 6) is 0.492. The number of fused-ring (bicyclic) bond motifs is 4. The zero-order chi connectivity index (χ0) is 36.9. The fourth-order valence-corrected chi connectivity index (χ4v) is 5.40. The third-order valence-electron chi connectivity index (χ3n) is 7.34. The van der Waals surface area contributed by atoms with Gasteiger partial charge >= 0.3 is 0 Å². The second-order valence-corrected chi connectivity index (χ2v) is 9.75. The van der Waals surface area contributed by atoms with Crippen LogP contribution in [0.5, 0.6) is 5.75 Å². The van der Waals surface area contributed by atoms with Gasteiger partial charge in [0, 0.05) is 40.8 Å². The number of aryl methyl sites for hydroxylation is 1. The maximum Gasteiger partial charge on any atom is 0.144 e. The molecule has 5 aromatic carbocycles. The van der Waals surface area contributed by atoms with Crippen LogP contribution in [-0.4, -0.2) is 24.2 Å². The minimum Gasteiger partial charge on any atom is -0.507 e. The summed E-state index contributed by atoms with van der Waals surface area (Å²) in [5, 5.41) is 10.4. The molecule has 5 nitrogen and oxygen atoms in total. The third kappa shape index (κ3) is 3.71. The number of para-hydroxylation sites is 4. The highest BCUT2D eigenvalue weighted by Gasteiger charge is 2.18. The second-order valence-electron chi connectivity index (χ2n) is 9.75. The Hall–Kier alpha value is -5.68. The molecule has 0 unspecified atom stereocenters. The molecule has 5 heteroatoms. The van der Waals surface area contributed by atoms with Crippen LogP contribution in [0.15, 0.2) is 133 Å². The summed E-state index contributed by atoms with van der Waals surface area (Å²) in [6.45, 7) is 0. The first-order valence-corrected chi connectivity index (χ1v) is 13.2. The Balaban J connectivity index is 1.58. The molecule has 42 heavy (non-hydrogen) atoms.